The normalized spacial score (nSPS) is 10.6. The minimum Gasteiger partial charge on any atom is -0.493 e. The highest BCUT2D eigenvalue weighted by molar-refractivity contribution is 6.12. The Bertz CT molecular complexity index is 873. The van der Waals surface area contributed by atoms with Crippen LogP contribution in [0.5, 0.6) is 11.5 Å². The number of nitrogens with one attached hydrogen (secondary N) is 2. The Labute approximate surface area is 132 Å². The fraction of sp³-hybridized carbons (Fsp3) is 0.118. The summed E-state index contributed by atoms with van der Waals surface area (Å²) in [5.74, 6) is 0.348. The minimum absolute atomic E-state index is 0.339. The molecule has 0 radical (unpaired) electrons. The van der Waals surface area contributed by atoms with Crippen LogP contribution in [-0.4, -0.2) is 25.1 Å². The van der Waals surface area contributed by atoms with Crippen molar-refractivity contribution in [2.45, 2.75) is 0 Å². The van der Waals surface area contributed by atoms with Crippen LogP contribution in [0.25, 0.3) is 10.9 Å². The number of H-pyrrole nitrogens is 1. The molecule has 118 valence electrons. The average molecular weight is 314 g/mol. The Morgan fingerprint density at radius 1 is 1.09 bits per heavy atom. The zero-order valence-corrected chi connectivity index (χ0v) is 12.6. The maximum atomic E-state index is 13.4. The number of methoxy groups -OCH3 is 2. The summed E-state index contributed by atoms with van der Waals surface area (Å²) in [6.07, 6.45) is 1.56. The van der Waals surface area contributed by atoms with E-state index in [0.29, 0.717) is 33.7 Å². The van der Waals surface area contributed by atoms with E-state index in [1.54, 1.807) is 30.5 Å². The average Bonchev–Trinajstić information content (AvgIpc) is 2.97. The highest BCUT2D eigenvalue weighted by atomic mass is 19.1. The van der Waals surface area contributed by atoms with Gasteiger partial charge in [0, 0.05) is 28.9 Å². The second-order valence-corrected chi connectivity index (χ2v) is 4.92. The van der Waals surface area contributed by atoms with Crippen LogP contribution in [0.1, 0.15) is 10.4 Å². The number of benzene rings is 2. The summed E-state index contributed by atoms with van der Waals surface area (Å²) in [5.41, 5.74) is 1.62. The fourth-order valence-electron chi connectivity index (χ4n) is 2.39. The quantitative estimate of drug-likeness (QED) is 0.774. The Hall–Kier alpha value is -3.02. The minimum atomic E-state index is -0.391. The Kier molecular flexibility index (Phi) is 3.89. The largest absolute Gasteiger partial charge is 0.493 e. The lowest BCUT2D eigenvalue weighted by Gasteiger charge is -2.10. The number of hydrogen-bond acceptors (Lipinski definition) is 3. The molecule has 0 atom stereocenters. The van der Waals surface area contributed by atoms with E-state index in [0.717, 1.165) is 0 Å². The summed E-state index contributed by atoms with van der Waals surface area (Å²) in [6, 6.07) is 9.33. The predicted octanol–water partition coefficient (Wildman–Crippen LogP) is 3.58. The lowest BCUT2D eigenvalue weighted by atomic mass is 10.1. The van der Waals surface area contributed by atoms with Crippen LogP contribution in [0.4, 0.5) is 10.1 Å². The highest BCUT2D eigenvalue weighted by Crippen LogP contribution is 2.30. The van der Waals surface area contributed by atoms with Crippen molar-refractivity contribution in [2.75, 3.05) is 19.5 Å². The molecule has 0 unspecified atom stereocenters. The third-order valence-electron chi connectivity index (χ3n) is 3.53. The van der Waals surface area contributed by atoms with Gasteiger partial charge in [-0.3, -0.25) is 4.79 Å². The van der Waals surface area contributed by atoms with Crippen LogP contribution in [0.2, 0.25) is 0 Å². The summed E-state index contributed by atoms with van der Waals surface area (Å²) >= 11 is 0. The number of fused-ring (bicyclic) bond motifs is 1. The number of aromatic amines is 1. The van der Waals surface area contributed by atoms with E-state index in [1.807, 2.05) is 0 Å². The van der Waals surface area contributed by atoms with E-state index >= 15 is 0 Å². The molecule has 2 N–H and O–H groups in total. The molecule has 1 heterocycles. The third-order valence-corrected chi connectivity index (χ3v) is 3.53. The summed E-state index contributed by atoms with van der Waals surface area (Å²) < 4.78 is 23.7. The summed E-state index contributed by atoms with van der Waals surface area (Å²) in [5, 5.41) is 3.30. The number of carbonyl (C=O) groups is 1. The van der Waals surface area contributed by atoms with Gasteiger partial charge in [-0.1, -0.05) is 0 Å². The van der Waals surface area contributed by atoms with Gasteiger partial charge in [0.15, 0.2) is 11.5 Å². The predicted molar refractivity (Wildman–Crippen MR) is 85.8 cm³/mol. The summed E-state index contributed by atoms with van der Waals surface area (Å²) in [4.78, 5) is 15.4. The molecule has 3 aromatic rings. The molecule has 0 aliphatic carbocycles. The van der Waals surface area contributed by atoms with Crippen LogP contribution in [0, 0.1) is 5.82 Å². The van der Waals surface area contributed by atoms with Crippen molar-refractivity contribution in [1.29, 1.82) is 0 Å². The molecule has 23 heavy (non-hydrogen) atoms. The molecule has 0 aliphatic heterocycles. The molecular formula is C17H15FN2O3. The zero-order valence-electron chi connectivity index (χ0n) is 12.6. The number of ether oxygens (including phenoxy) is 2. The zero-order chi connectivity index (χ0) is 16.4. The SMILES string of the molecule is COc1ccc(NC(=O)c2c[nH]c3ccc(F)cc23)cc1OC. The maximum absolute atomic E-state index is 13.4. The number of hydrogen-bond donors (Lipinski definition) is 2. The van der Waals surface area contributed by atoms with E-state index in [-0.39, 0.29) is 5.91 Å². The molecule has 0 saturated heterocycles. The van der Waals surface area contributed by atoms with Gasteiger partial charge in [0.25, 0.3) is 5.91 Å². The molecule has 5 nitrogen and oxygen atoms in total. The molecule has 0 aliphatic rings. The molecule has 0 fully saturated rings. The summed E-state index contributed by atoms with van der Waals surface area (Å²) in [7, 11) is 3.06. The van der Waals surface area contributed by atoms with Crippen LogP contribution in [0.15, 0.2) is 42.6 Å². The van der Waals surface area contributed by atoms with E-state index in [9.17, 15) is 9.18 Å². The monoisotopic (exact) mass is 314 g/mol. The van der Waals surface area contributed by atoms with Crippen molar-refractivity contribution in [1.82, 2.24) is 4.98 Å². The van der Waals surface area contributed by atoms with Crippen LogP contribution in [-0.2, 0) is 0 Å². The molecule has 0 saturated carbocycles. The van der Waals surface area contributed by atoms with Gasteiger partial charge in [0.1, 0.15) is 5.82 Å². The van der Waals surface area contributed by atoms with Crippen LogP contribution in [0.3, 0.4) is 0 Å². The van der Waals surface area contributed by atoms with Gasteiger partial charge >= 0.3 is 0 Å². The van der Waals surface area contributed by atoms with Crippen molar-refractivity contribution in [3.05, 3.63) is 54.0 Å². The Balaban J connectivity index is 1.90. The molecule has 3 rings (SSSR count). The van der Waals surface area contributed by atoms with Gasteiger partial charge in [-0.15, -0.1) is 0 Å². The van der Waals surface area contributed by atoms with Crippen molar-refractivity contribution in [3.8, 4) is 11.5 Å². The number of carbonyl (C=O) groups excluding carboxylic acids is 1. The first kappa shape index (κ1) is 14.9. The van der Waals surface area contributed by atoms with Crippen molar-refractivity contribution >= 4 is 22.5 Å². The van der Waals surface area contributed by atoms with Gasteiger partial charge in [0.05, 0.1) is 19.8 Å². The molecule has 1 amide bonds. The lowest BCUT2D eigenvalue weighted by Crippen LogP contribution is -2.11. The Morgan fingerprint density at radius 2 is 1.87 bits per heavy atom. The van der Waals surface area contributed by atoms with E-state index < -0.39 is 5.82 Å². The second-order valence-electron chi connectivity index (χ2n) is 4.92. The lowest BCUT2D eigenvalue weighted by molar-refractivity contribution is 0.102. The first-order chi connectivity index (χ1) is 11.1. The van der Waals surface area contributed by atoms with Crippen molar-refractivity contribution < 1.29 is 18.7 Å². The van der Waals surface area contributed by atoms with Gasteiger partial charge in [-0.2, -0.15) is 0 Å². The van der Waals surface area contributed by atoms with Gasteiger partial charge in [-0.25, -0.2) is 4.39 Å². The smallest absolute Gasteiger partial charge is 0.257 e. The molecule has 1 aromatic heterocycles. The molecule has 0 bridgehead atoms. The van der Waals surface area contributed by atoms with Crippen LogP contribution < -0.4 is 14.8 Å². The fourth-order valence-corrected chi connectivity index (χ4v) is 2.39. The molecule has 0 spiro atoms. The van der Waals surface area contributed by atoms with Crippen LogP contribution >= 0.6 is 0 Å². The number of halogens is 1. The highest BCUT2D eigenvalue weighted by Gasteiger charge is 2.14. The number of amides is 1. The van der Waals surface area contributed by atoms with Gasteiger partial charge in [-0.05, 0) is 30.3 Å². The van der Waals surface area contributed by atoms with Crippen molar-refractivity contribution in [2.24, 2.45) is 0 Å². The number of aromatic nitrogens is 1. The Morgan fingerprint density at radius 3 is 2.61 bits per heavy atom. The van der Waals surface area contributed by atoms with Gasteiger partial charge < -0.3 is 19.8 Å². The number of rotatable bonds is 4. The van der Waals surface area contributed by atoms with E-state index in [2.05, 4.69) is 10.3 Å². The van der Waals surface area contributed by atoms with E-state index in [1.165, 1.54) is 26.4 Å². The second kappa shape index (κ2) is 6.00. The molecule has 6 heteroatoms. The van der Waals surface area contributed by atoms with E-state index in [4.69, 9.17) is 9.47 Å². The first-order valence-corrected chi connectivity index (χ1v) is 6.92. The van der Waals surface area contributed by atoms with Crippen molar-refractivity contribution in [3.63, 3.8) is 0 Å². The molecular weight excluding hydrogens is 299 g/mol. The standard InChI is InChI=1S/C17H15FN2O3/c1-22-15-6-4-11(8-16(15)23-2)20-17(21)13-9-19-14-5-3-10(18)7-12(13)14/h3-9,19H,1-2H3,(H,20,21). The first-order valence-electron chi connectivity index (χ1n) is 6.92. The number of anilines is 1. The third kappa shape index (κ3) is 2.83. The van der Waals surface area contributed by atoms with Gasteiger partial charge in [0.2, 0.25) is 0 Å². The summed E-state index contributed by atoms with van der Waals surface area (Å²) in [6.45, 7) is 0. The maximum Gasteiger partial charge on any atom is 0.257 e. The molecule has 2 aromatic carbocycles. The topological polar surface area (TPSA) is 63.3 Å².